The molecule has 2 nitrogen and oxygen atoms in total. The number of rotatable bonds is 2. The first-order chi connectivity index (χ1) is 10.4. The van der Waals surface area contributed by atoms with Crippen molar-refractivity contribution in [1.82, 2.24) is 0 Å². The Labute approximate surface area is 192 Å². The molecular formula is C12H16N2S4Te4. The van der Waals surface area contributed by atoms with Gasteiger partial charge in [-0.15, -0.1) is 0 Å². The van der Waals surface area contributed by atoms with E-state index in [1.807, 2.05) is 53.4 Å². The summed E-state index contributed by atoms with van der Waals surface area (Å²) in [4.78, 5) is 0. The summed E-state index contributed by atoms with van der Waals surface area (Å²) in [6.07, 6.45) is 0. The SMILES string of the molecule is C/C([Te]C1=C([TeH])SC(N)C(N)S1)=C1\[Te]C2=C(SC(C)CS2)[Te]1. The van der Waals surface area contributed by atoms with Gasteiger partial charge in [0.15, 0.2) is 0 Å². The predicted octanol–water partition coefficient (Wildman–Crippen LogP) is 1.37. The number of nitrogens with two attached hydrogens (primary N) is 2. The zero-order chi connectivity index (χ0) is 15.9. The van der Waals surface area contributed by atoms with Gasteiger partial charge in [-0.05, 0) is 0 Å². The van der Waals surface area contributed by atoms with E-state index in [9.17, 15) is 0 Å². The van der Waals surface area contributed by atoms with Crippen LogP contribution in [-0.4, -0.2) is 107 Å². The normalized spacial score (nSPS) is 35.0. The van der Waals surface area contributed by atoms with Crippen LogP contribution in [0.3, 0.4) is 0 Å². The molecule has 3 unspecified atom stereocenters. The summed E-state index contributed by atoms with van der Waals surface area (Å²) in [5.41, 5.74) is 12.2. The summed E-state index contributed by atoms with van der Waals surface area (Å²) < 4.78 is 10.5. The monoisotopic (exact) mass is 836 g/mol. The second kappa shape index (κ2) is 9.26. The first kappa shape index (κ1) is 20.4. The standard InChI is InChI=1S/C12H16N2S4Te4/c1-4-3-15-10-11(16-4)22-12(21-10)5(2)20-9-8(19)17-6(13)7(14)18-9/h4,6-7,19H,3,13-14H2,1-2H3/b12-5-. The van der Waals surface area contributed by atoms with Gasteiger partial charge < -0.3 is 0 Å². The summed E-state index contributed by atoms with van der Waals surface area (Å²) in [7, 11) is 0. The summed E-state index contributed by atoms with van der Waals surface area (Å²) in [5, 5.41) is 0.981. The van der Waals surface area contributed by atoms with Gasteiger partial charge in [-0.3, -0.25) is 0 Å². The van der Waals surface area contributed by atoms with Crippen molar-refractivity contribution >= 4 is 132 Å². The van der Waals surface area contributed by atoms with Gasteiger partial charge in [0.2, 0.25) is 0 Å². The third kappa shape index (κ3) is 5.15. The first-order valence-electron chi connectivity index (χ1n) is 6.50. The Kier molecular flexibility index (Phi) is 8.60. The van der Waals surface area contributed by atoms with Crippen molar-refractivity contribution in [1.29, 1.82) is 0 Å². The van der Waals surface area contributed by atoms with Gasteiger partial charge in [0.25, 0.3) is 0 Å². The quantitative estimate of drug-likeness (QED) is 0.411. The van der Waals surface area contributed by atoms with Crippen LogP contribution < -0.4 is 11.5 Å². The molecule has 3 atom stereocenters. The van der Waals surface area contributed by atoms with E-state index < -0.39 is 0 Å². The van der Waals surface area contributed by atoms with Crippen LogP contribution in [0.25, 0.3) is 0 Å². The molecule has 0 spiro atoms. The second-order valence-corrected chi connectivity index (χ2v) is 26.0. The first-order valence-corrected chi connectivity index (χ1v) is 18.4. The molecule has 0 radical (unpaired) electrons. The zero-order valence-electron chi connectivity index (χ0n) is 11.9. The summed E-state index contributed by atoms with van der Waals surface area (Å²) in [6.45, 7) is 4.82. The van der Waals surface area contributed by atoms with Crippen molar-refractivity contribution < 1.29 is 0 Å². The Morgan fingerprint density at radius 3 is 2.64 bits per heavy atom. The van der Waals surface area contributed by atoms with Crippen LogP contribution in [-0.2, 0) is 0 Å². The molecule has 0 amide bonds. The molecule has 4 N–H and O–H groups in total. The molecule has 122 valence electrons. The number of hydrogen-bond donors (Lipinski definition) is 2. The molecule has 0 saturated carbocycles. The number of allylic oxidation sites excluding steroid dienone is 1. The summed E-state index contributed by atoms with van der Waals surface area (Å²) in [6, 6.07) is 0. The Morgan fingerprint density at radius 1 is 1.18 bits per heavy atom. The van der Waals surface area contributed by atoms with E-state index in [0.717, 1.165) is 5.25 Å². The van der Waals surface area contributed by atoms with Crippen molar-refractivity contribution in [2.24, 2.45) is 11.5 Å². The van der Waals surface area contributed by atoms with Crippen LogP contribution in [0.4, 0.5) is 0 Å². The average molecular weight is 827 g/mol. The zero-order valence-corrected chi connectivity index (χ0v) is 24.7. The van der Waals surface area contributed by atoms with Gasteiger partial charge in [0, 0.05) is 0 Å². The van der Waals surface area contributed by atoms with E-state index in [1.165, 1.54) is 8.71 Å². The van der Waals surface area contributed by atoms with Crippen molar-refractivity contribution in [3.8, 4) is 0 Å². The van der Waals surface area contributed by atoms with Gasteiger partial charge in [-0.25, -0.2) is 0 Å². The van der Waals surface area contributed by atoms with Gasteiger partial charge in [-0.2, -0.15) is 0 Å². The van der Waals surface area contributed by atoms with Crippen LogP contribution in [0.15, 0.2) is 17.1 Å². The molecule has 3 aliphatic rings. The maximum absolute atomic E-state index is 6.17. The Hall–Kier alpha value is 3.70. The van der Waals surface area contributed by atoms with Gasteiger partial charge in [0.05, 0.1) is 0 Å². The topological polar surface area (TPSA) is 52.0 Å². The Bertz CT molecular complexity index is 577. The third-order valence-corrected chi connectivity index (χ3v) is 31.0. The van der Waals surface area contributed by atoms with Gasteiger partial charge in [-0.1, -0.05) is 0 Å². The van der Waals surface area contributed by atoms with E-state index >= 15 is 0 Å². The molecule has 0 aromatic carbocycles. The molecule has 0 aromatic heterocycles. The van der Waals surface area contributed by atoms with E-state index in [2.05, 4.69) is 37.4 Å². The van der Waals surface area contributed by atoms with E-state index in [-0.39, 0.29) is 73.5 Å². The van der Waals surface area contributed by atoms with Crippen LogP contribution >= 0.6 is 47.0 Å². The van der Waals surface area contributed by atoms with Crippen LogP contribution in [0, 0.1) is 0 Å². The van der Waals surface area contributed by atoms with Crippen LogP contribution in [0.2, 0.25) is 0 Å². The molecule has 3 heterocycles. The third-order valence-electron chi connectivity index (χ3n) is 2.82. The molecule has 0 aromatic rings. The maximum atomic E-state index is 6.17. The molecular weight excluding hydrogens is 811 g/mol. The van der Waals surface area contributed by atoms with Crippen molar-refractivity contribution in [2.75, 3.05) is 5.75 Å². The van der Waals surface area contributed by atoms with Crippen LogP contribution in [0.1, 0.15) is 13.8 Å². The molecule has 10 heteroatoms. The molecule has 3 aliphatic heterocycles. The number of hydrogen-bond acceptors (Lipinski definition) is 6. The second-order valence-electron chi connectivity index (χ2n) is 4.72. The molecule has 0 aliphatic carbocycles. The van der Waals surface area contributed by atoms with E-state index in [0.29, 0.717) is 0 Å². The summed E-state index contributed by atoms with van der Waals surface area (Å²) in [5.74, 6) is 1.33. The van der Waals surface area contributed by atoms with Crippen LogP contribution in [0.5, 0.6) is 0 Å². The van der Waals surface area contributed by atoms with Crippen molar-refractivity contribution in [3.05, 3.63) is 17.1 Å². The van der Waals surface area contributed by atoms with E-state index in [4.69, 9.17) is 11.5 Å². The Morgan fingerprint density at radius 2 is 1.86 bits per heavy atom. The van der Waals surface area contributed by atoms with Crippen molar-refractivity contribution in [3.63, 3.8) is 0 Å². The van der Waals surface area contributed by atoms with Gasteiger partial charge >= 0.3 is 196 Å². The van der Waals surface area contributed by atoms with Crippen molar-refractivity contribution in [2.45, 2.75) is 29.8 Å². The molecule has 3 rings (SSSR count). The fourth-order valence-corrected chi connectivity index (χ4v) is 30.6. The molecule has 0 saturated heterocycles. The molecule has 22 heavy (non-hydrogen) atoms. The minimum absolute atomic E-state index is 0.00439. The molecule has 0 fully saturated rings. The van der Waals surface area contributed by atoms with Gasteiger partial charge in [0.1, 0.15) is 0 Å². The predicted molar refractivity (Wildman–Crippen MR) is 112 cm³/mol. The molecule has 0 bridgehead atoms. The number of thioether (sulfide) groups is 4. The minimum atomic E-state index is -0.206. The Balaban J connectivity index is 1.70. The average Bonchev–Trinajstić information content (AvgIpc) is 2.87. The van der Waals surface area contributed by atoms with E-state index in [1.54, 1.807) is 6.57 Å². The fraction of sp³-hybridized carbons (Fsp3) is 0.500. The fourth-order valence-electron chi connectivity index (χ4n) is 1.72. The summed E-state index contributed by atoms with van der Waals surface area (Å²) >= 11 is 9.68.